The summed E-state index contributed by atoms with van der Waals surface area (Å²) in [6.45, 7) is -0.336. The molecule has 0 aliphatic heterocycles. The summed E-state index contributed by atoms with van der Waals surface area (Å²) >= 11 is 0. The number of nitrogens with one attached hydrogen (secondary N) is 3. The van der Waals surface area contributed by atoms with Gasteiger partial charge in [-0.3, -0.25) is 24.3 Å². The summed E-state index contributed by atoms with van der Waals surface area (Å²) in [6, 6.07) is 13.2. The number of nitrogens with zero attached hydrogens (tertiary/aromatic N) is 1. The minimum absolute atomic E-state index is 0.0243. The van der Waals surface area contributed by atoms with Gasteiger partial charge in [-0.2, -0.15) is 0 Å². The fraction of sp³-hybridized carbons (Fsp3) is 0.200. The van der Waals surface area contributed by atoms with Crippen molar-refractivity contribution in [2.75, 3.05) is 10.6 Å². The first-order chi connectivity index (χ1) is 13.5. The minimum atomic E-state index is -0.473. The van der Waals surface area contributed by atoms with E-state index in [1.54, 1.807) is 48.5 Å². The Bertz CT molecular complexity index is 1190. The molecule has 142 valence electrons. The lowest BCUT2D eigenvalue weighted by Gasteiger charge is -2.10. The van der Waals surface area contributed by atoms with E-state index in [1.807, 2.05) is 0 Å². The molecule has 1 fully saturated rings. The third-order valence-electron chi connectivity index (χ3n) is 4.55. The molecule has 1 aliphatic rings. The Kier molecular flexibility index (Phi) is 4.52. The third-order valence-corrected chi connectivity index (χ3v) is 4.55. The molecule has 3 N–H and O–H groups in total. The molecule has 0 saturated heterocycles. The number of aromatic amines is 1. The predicted molar refractivity (Wildman–Crippen MR) is 105 cm³/mol. The van der Waals surface area contributed by atoms with Crippen LogP contribution < -0.4 is 21.8 Å². The summed E-state index contributed by atoms with van der Waals surface area (Å²) in [5.74, 6) is -0.419. The first-order valence-corrected chi connectivity index (χ1v) is 8.94. The number of anilines is 2. The zero-order chi connectivity index (χ0) is 19.7. The van der Waals surface area contributed by atoms with Gasteiger partial charge in [0.15, 0.2) is 0 Å². The average Bonchev–Trinajstić information content (AvgIpc) is 3.51. The van der Waals surface area contributed by atoms with E-state index >= 15 is 0 Å². The van der Waals surface area contributed by atoms with E-state index in [-0.39, 0.29) is 29.1 Å². The number of H-pyrrole nitrogens is 1. The number of aromatic nitrogens is 2. The average molecular weight is 378 g/mol. The normalized spacial score (nSPS) is 13.3. The summed E-state index contributed by atoms with van der Waals surface area (Å²) < 4.78 is 0.985. The summed E-state index contributed by atoms with van der Waals surface area (Å²) in [5, 5.41) is 8.44. The fourth-order valence-corrected chi connectivity index (χ4v) is 2.97. The Balaban J connectivity index is 1.50. The summed E-state index contributed by atoms with van der Waals surface area (Å²) in [5.41, 5.74) is 0.185. The monoisotopic (exact) mass is 378 g/mol. The van der Waals surface area contributed by atoms with Crippen molar-refractivity contribution in [2.45, 2.75) is 19.4 Å². The highest BCUT2D eigenvalue weighted by Crippen LogP contribution is 2.30. The van der Waals surface area contributed by atoms with Gasteiger partial charge in [-0.25, -0.2) is 4.68 Å². The van der Waals surface area contributed by atoms with Crippen molar-refractivity contribution in [1.82, 2.24) is 9.78 Å². The molecule has 4 rings (SSSR count). The highest BCUT2D eigenvalue weighted by molar-refractivity contribution is 5.96. The van der Waals surface area contributed by atoms with Crippen molar-refractivity contribution >= 4 is 34.0 Å². The van der Waals surface area contributed by atoms with Crippen LogP contribution >= 0.6 is 0 Å². The Morgan fingerprint density at radius 1 is 0.964 bits per heavy atom. The van der Waals surface area contributed by atoms with Gasteiger partial charge in [-0.1, -0.05) is 18.2 Å². The quantitative estimate of drug-likeness (QED) is 0.627. The molecule has 1 aliphatic carbocycles. The number of carbonyl (C=O) groups excluding carboxylic acids is 2. The van der Waals surface area contributed by atoms with Gasteiger partial charge < -0.3 is 10.6 Å². The Morgan fingerprint density at radius 2 is 1.64 bits per heavy atom. The van der Waals surface area contributed by atoms with Crippen molar-refractivity contribution in [3.05, 3.63) is 69.2 Å². The molecule has 0 spiro atoms. The maximum Gasteiger partial charge on any atom is 0.273 e. The zero-order valence-corrected chi connectivity index (χ0v) is 14.9. The molecule has 0 atom stereocenters. The smallest absolute Gasteiger partial charge is 0.273 e. The molecule has 1 heterocycles. The lowest BCUT2D eigenvalue weighted by Crippen LogP contribution is -2.34. The van der Waals surface area contributed by atoms with Crippen molar-refractivity contribution in [2.24, 2.45) is 5.92 Å². The summed E-state index contributed by atoms with van der Waals surface area (Å²) in [6.07, 6.45) is 1.81. The first-order valence-electron chi connectivity index (χ1n) is 8.94. The van der Waals surface area contributed by atoms with Crippen LogP contribution in [0.5, 0.6) is 0 Å². The van der Waals surface area contributed by atoms with Crippen molar-refractivity contribution in [3.63, 3.8) is 0 Å². The van der Waals surface area contributed by atoms with Crippen LogP contribution in [0.2, 0.25) is 0 Å². The molecule has 8 nitrogen and oxygen atoms in total. The number of carbonyl (C=O) groups is 2. The van der Waals surface area contributed by atoms with E-state index in [9.17, 15) is 19.2 Å². The van der Waals surface area contributed by atoms with Crippen LogP contribution in [0.3, 0.4) is 0 Å². The first kappa shape index (κ1) is 17.7. The van der Waals surface area contributed by atoms with Gasteiger partial charge in [0.2, 0.25) is 11.8 Å². The van der Waals surface area contributed by atoms with Gasteiger partial charge in [-0.15, -0.1) is 0 Å². The molecular formula is C20H18N4O4. The molecule has 1 saturated carbocycles. The second-order valence-electron chi connectivity index (χ2n) is 6.77. The van der Waals surface area contributed by atoms with Gasteiger partial charge in [0, 0.05) is 17.3 Å². The Morgan fingerprint density at radius 3 is 2.36 bits per heavy atom. The van der Waals surface area contributed by atoms with Crippen LogP contribution in [-0.2, 0) is 16.1 Å². The summed E-state index contributed by atoms with van der Waals surface area (Å²) in [4.78, 5) is 48.8. The van der Waals surface area contributed by atoms with Crippen LogP contribution in [0.15, 0.2) is 58.1 Å². The standard InChI is InChI=1S/C20H18N4O4/c25-17(11-24-20(28)16-7-2-1-6-15(16)19(27)23-24)21-13-4-3-5-14(10-13)22-18(26)12-8-9-12/h1-7,10,12H,8-9,11H2,(H,21,25)(H,22,26)(H,23,27). The SMILES string of the molecule is O=C(Cn1[nH]c(=O)c2ccccc2c1=O)Nc1cccc(NC(=O)C2CC2)c1. The number of hydrogen-bond acceptors (Lipinski definition) is 4. The predicted octanol–water partition coefficient (Wildman–Crippen LogP) is 1.68. The molecule has 1 aromatic heterocycles. The van der Waals surface area contributed by atoms with E-state index in [4.69, 9.17) is 0 Å². The van der Waals surface area contributed by atoms with Gasteiger partial charge >= 0.3 is 0 Å². The summed E-state index contributed by atoms with van der Waals surface area (Å²) in [7, 11) is 0. The van der Waals surface area contributed by atoms with Crippen LogP contribution in [0.25, 0.3) is 10.8 Å². The van der Waals surface area contributed by atoms with Gasteiger partial charge in [0.25, 0.3) is 11.1 Å². The molecule has 8 heteroatoms. The molecule has 28 heavy (non-hydrogen) atoms. The lowest BCUT2D eigenvalue weighted by molar-refractivity contribution is -0.117. The van der Waals surface area contributed by atoms with Crippen LogP contribution in [0, 0.1) is 5.92 Å². The van der Waals surface area contributed by atoms with E-state index in [0.717, 1.165) is 17.5 Å². The molecule has 2 aromatic carbocycles. The topological polar surface area (TPSA) is 113 Å². The number of hydrogen-bond donors (Lipinski definition) is 3. The molecule has 0 unspecified atom stereocenters. The molecule has 3 aromatic rings. The van der Waals surface area contributed by atoms with E-state index in [1.165, 1.54) is 0 Å². The van der Waals surface area contributed by atoms with Crippen LogP contribution in [0.4, 0.5) is 11.4 Å². The van der Waals surface area contributed by atoms with Crippen molar-refractivity contribution in [1.29, 1.82) is 0 Å². The van der Waals surface area contributed by atoms with Gasteiger partial charge in [0.1, 0.15) is 6.54 Å². The number of benzene rings is 2. The second-order valence-corrected chi connectivity index (χ2v) is 6.77. The van der Waals surface area contributed by atoms with E-state index in [2.05, 4.69) is 15.7 Å². The van der Waals surface area contributed by atoms with Crippen molar-refractivity contribution < 1.29 is 9.59 Å². The Hall–Kier alpha value is -3.68. The molecular weight excluding hydrogens is 360 g/mol. The molecule has 2 amide bonds. The van der Waals surface area contributed by atoms with E-state index < -0.39 is 17.0 Å². The maximum absolute atomic E-state index is 12.5. The highest BCUT2D eigenvalue weighted by Gasteiger charge is 2.29. The Labute approximate surface area is 159 Å². The van der Waals surface area contributed by atoms with Crippen LogP contribution in [0.1, 0.15) is 12.8 Å². The van der Waals surface area contributed by atoms with Gasteiger partial charge in [-0.05, 0) is 43.2 Å². The largest absolute Gasteiger partial charge is 0.326 e. The highest BCUT2D eigenvalue weighted by atomic mass is 16.2. The zero-order valence-electron chi connectivity index (χ0n) is 14.9. The minimum Gasteiger partial charge on any atom is -0.326 e. The molecule has 0 radical (unpaired) electrons. The fourth-order valence-electron chi connectivity index (χ4n) is 2.97. The number of amides is 2. The maximum atomic E-state index is 12.5. The van der Waals surface area contributed by atoms with E-state index in [0.29, 0.717) is 11.4 Å². The van der Waals surface area contributed by atoms with Crippen LogP contribution in [-0.4, -0.2) is 21.6 Å². The third kappa shape index (κ3) is 3.71. The number of fused-ring (bicyclic) bond motifs is 1. The van der Waals surface area contributed by atoms with Crippen molar-refractivity contribution in [3.8, 4) is 0 Å². The lowest BCUT2D eigenvalue weighted by atomic mass is 10.2. The second kappa shape index (κ2) is 7.15. The number of rotatable bonds is 5. The van der Waals surface area contributed by atoms with Gasteiger partial charge in [0.05, 0.1) is 10.8 Å². The molecule has 0 bridgehead atoms.